The number of nitrogens with one attached hydrogen (secondary N) is 2. The molecule has 162 valence electrons. The van der Waals surface area contributed by atoms with Crippen molar-refractivity contribution in [2.75, 3.05) is 6.61 Å². The molecule has 0 saturated heterocycles. The molecule has 2 saturated carbocycles. The first-order valence-corrected chi connectivity index (χ1v) is 11.0. The Morgan fingerprint density at radius 3 is 1.93 bits per heavy atom. The Morgan fingerprint density at radius 1 is 1.04 bits per heavy atom. The number of rotatable bonds is 8. The molecule has 1 atom stereocenters. The average Bonchev–Trinajstić information content (AvgIpc) is 2.67. The highest BCUT2D eigenvalue weighted by atomic mass is 16.5. The summed E-state index contributed by atoms with van der Waals surface area (Å²) in [5.41, 5.74) is 0. The van der Waals surface area contributed by atoms with Crippen LogP contribution < -0.4 is 10.6 Å². The molecule has 28 heavy (non-hydrogen) atoms. The van der Waals surface area contributed by atoms with E-state index >= 15 is 0 Å². The number of carbonyl (C=O) groups excluding carboxylic acids is 1. The summed E-state index contributed by atoms with van der Waals surface area (Å²) in [7, 11) is 0. The zero-order chi connectivity index (χ0) is 20.8. The molecule has 0 aromatic heterocycles. The minimum absolute atomic E-state index is 0.0693. The van der Waals surface area contributed by atoms with Crippen molar-refractivity contribution in [3.63, 3.8) is 0 Å². The zero-order valence-electron chi connectivity index (χ0n) is 17.8. The fraction of sp³-hybridized carbons (Fsp3) is 0.818. The highest BCUT2D eigenvalue weighted by Crippen LogP contribution is 2.22. The second kappa shape index (κ2) is 14.4. The molecule has 6 nitrogen and oxygen atoms in total. The van der Waals surface area contributed by atoms with Crippen LogP contribution in [0.4, 0.5) is 4.79 Å². The van der Waals surface area contributed by atoms with Crippen LogP contribution in [0, 0.1) is 5.92 Å². The number of alkyl carbamates (subject to hydrolysis) is 1. The minimum atomic E-state index is -1.06. The lowest BCUT2D eigenvalue weighted by Crippen LogP contribution is -2.41. The van der Waals surface area contributed by atoms with E-state index in [4.69, 9.17) is 5.11 Å². The van der Waals surface area contributed by atoms with Gasteiger partial charge in [-0.3, -0.25) is 0 Å². The van der Waals surface area contributed by atoms with E-state index in [9.17, 15) is 9.59 Å². The van der Waals surface area contributed by atoms with Crippen LogP contribution in [0.3, 0.4) is 0 Å². The number of aliphatic carboxylic acids is 1. The van der Waals surface area contributed by atoms with Gasteiger partial charge in [-0.05, 0) is 38.0 Å². The van der Waals surface area contributed by atoms with Crippen molar-refractivity contribution < 1.29 is 19.4 Å². The van der Waals surface area contributed by atoms with Crippen LogP contribution in [0.1, 0.15) is 84.5 Å². The number of carboxylic acids is 1. The lowest BCUT2D eigenvalue weighted by atomic mass is 9.91. The number of ether oxygens (including phenoxy) is 1. The largest absolute Gasteiger partial charge is 0.480 e. The molecular formula is C22H40N2O4. The van der Waals surface area contributed by atoms with Crippen molar-refractivity contribution >= 4 is 12.1 Å². The van der Waals surface area contributed by atoms with E-state index in [1.165, 1.54) is 70.3 Å². The van der Waals surface area contributed by atoms with E-state index in [0.717, 1.165) is 12.1 Å². The van der Waals surface area contributed by atoms with Gasteiger partial charge in [0.25, 0.3) is 0 Å². The van der Waals surface area contributed by atoms with Gasteiger partial charge >= 0.3 is 12.1 Å². The van der Waals surface area contributed by atoms with E-state index in [0.29, 0.717) is 6.42 Å². The number of carbonyl (C=O) groups is 2. The summed E-state index contributed by atoms with van der Waals surface area (Å²) in [6.07, 6.45) is 15.6. The van der Waals surface area contributed by atoms with Crippen molar-refractivity contribution in [1.82, 2.24) is 10.6 Å². The van der Waals surface area contributed by atoms with Crippen molar-refractivity contribution in [2.24, 2.45) is 5.92 Å². The van der Waals surface area contributed by atoms with Gasteiger partial charge in [-0.2, -0.15) is 0 Å². The maximum absolute atomic E-state index is 11.1. The van der Waals surface area contributed by atoms with E-state index in [1.807, 2.05) is 13.8 Å². The fourth-order valence-corrected chi connectivity index (χ4v) is 3.88. The van der Waals surface area contributed by atoms with E-state index in [1.54, 1.807) is 0 Å². The Kier molecular flexibility index (Phi) is 12.6. The predicted molar refractivity (Wildman–Crippen MR) is 112 cm³/mol. The third-order valence-corrected chi connectivity index (χ3v) is 5.31. The summed E-state index contributed by atoms with van der Waals surface area (Å²) in [6, 6.07) is 0.844. The minimum Gasteiger partial charge on any atom is -0.480 e. The number of hydrogen-bond acceptors (Lipinski definition) is 4. The van der Waals surface area contributed by atoms with E-state index < -0.39 is 18.1 Å². The highest BCUT2D eigenvalue weighted by Gasteiger charge is 2.21. The maximum Gasteiger partial charge on any atom is 0.408 e. The Morgan fingerprint density at radius 2 is 1.54 bits per heavy atom. The van der Waals surface area contributed by atoms with E-state index in [-0.39, 0.29) is 12.5 Å². The van der Waals surface area contributed by atoms with Crippen LogP contribution in [0.5, 0.6) is 0 Å². The van der Waals surface area contributed by atoms with Gasteiger partial charge in [0.1, 0.15) is 12.6 Å². The normalized spacial score (nSPS) is 19.2. The van der Waals surface area contributed by atoms with Gasteiger partial charge in [0.05, 0.1) is 0 Å². The third kappa shape index (κ3) is 11.3. The Bertz CT molecular complexity index is 439. The summed E-state index contributed by atoms with van der Waals surface area (Å²) >= 11 is 0. The monoisotopic (exact) mass is 396 g/mol. The molecule has 0 aromatic carbocycles. The van der Waals surface area contributed by atoms with E-state index in [2.05, 4.69) is 21.9 Å². The molecule has 2 aliphatic rings. The molecule has 0 radical (unpaired) electrons. The standard InChI is InChI=1S/C12H23N.C10H17NO4/c1-3-7-11(8-4-1)13-12-9-5-2-6-10-12;1-4-5-15-10(14)11-8(9(12)13)6-7(2)3/h11-13H,1-10H2;4,7-8H,1,5-6H2,2-3H3,(H,11,14)(H,12,13)/t;8-/m.1/s1. The first kappa shape index (κ1) is 24.5. The number of amides is 1. The summed E-state index contributed by atoms with van der Waals surface area (Å²) in [5.74, 6) is -0.870. The van der Waals surface area contributed by atoms with Crippen molar-refractivity contribution in [3.05, 3.63) is 12.7 Å². The molecule has 0 aromatic rings. The molecular weight excluding hydrogens is 356 g/mol. The van der Waals surface area contributed by atoms with Gasteiger partial charge in [-0.1, -0.05) is 65.0 Å². The molecule has 3 N–H and O–H groups in total. The number of carboxylic acid groups (broad SMARTS) is 1. The summed E-state index contributed by atoms with van der Waals surface area (Å²) in [4.78, 5) is 21.8. The maximum atomic E-state index is 11.1. The van der Waals surface area contributed by atoms with Crippen LogP contribution in [0.15, 0.2) is 12.7 Å². The zero-order valence-corrected chi connectivity index (χ0v) is 17.8. The Balaban J connectivity index is 0.000000281. The van der Waals surface area contributed by atoms with Gasteiger partial charge in [0.15, 0.2) is 0 Å². The fourth-order valence-electron chi connectivity index (χ4n) is 3.88. The van der Waals surface area contributed by atoms with Crippen LogP contribution in [-0.4, -0.2) is 41.9 Å². The summed E-state index contributed by atoms with van der Waals surface area (Å²) in [6.45, 7) is 7.21. The molecule has 0 heterocycles. The summed E-state index contributed by atoms with van der Waals surface area (Å²) in [5, 5.41) is 14.9. The van der Waals surface area contributed by atoms with Crippen molar-refractivity contribution in [1.29, 1.82) is 0 Å². The lowest BCUT2D eigenvalue weighted by molar-refractivity contribution is -0.139. The van der Waals surface area contributed by atoms with Gasteiger partial charge in [0, 0.05) is 12.1 Å². The molecule has 2 fully saturated rings. The molecule has 2 rings (SSSR count). The van der Waals surface area contributed by atoms with Crippen LogP contribution >= 0.6 is 0 Å². The molecule has 0 aliphatic heterocycles. The quantitative estimate of drug-likeness (QED) is 0.520. The van der Waals surface area contributed by atoms with Gasteiger partial charge < -0.3 is 20.5 Å². The molecule has 0 spiro atoms. The van der Waals surface area contributed by atoms with Gasteiger partial charge in [-0.25, -0.2) is 9.59 Å². The van der Waals surface area contributed by atoms with Gasteiger partial charge in [-0.15, -0.1) is 0 Å². The lowest BCUT2D eigenvalue weighted by Gasteiger charge is -2.30. The van der Waals surface area contributed by atoms with Crippen LogP contribution in [0.25, 0.3) is 0 Å². The molecule has 6 heteroatoms. The first-order valence-electron chi connectivity index (χ1n) is 11.0. The summed E-state index contributed by atoms with van der Waals surface area (Å²) < 4.78 is 4.62. The molecule has 2 aliphatic carbocycles. The topological polar surface area (TPSA) is 87.7 Å². The second-order valence-electron chi connectivity index (χ2n) is 8.39. The third-order valence-electron chi connectivity index (χ3n) is 5.31. The average molecular weight is 397 g/mol. The highest BCUT2D eigenvalue weighted by molar-refractivity contribution is 5.79. The van der Waals surface area contributed by atoms with Crippen molar-refractivity contribution in [2.45, 2.75) is 103 Å². The van der Waals surface area contributed by atoms with Crippen LogP contribution in [0.2, 0.25) is 0 Å². The molecule has 1 amide bonds. The molecule has 0 unspecified atom stereocenters. The smallest absolute Gasteiger partial charge is 0.408 e. The first-order chi connectivity index (χ1) is 13.4. The Hall–Kier alpha value is -1.56. The Labute approximate surface area is 170 Å². The second-order valence-corrected chi connectivity index (χ2v) is 8.39. The SMILES string of the molecule is C1CCC(NC2CCCCC2)CC1.C=CCOC(=O)N[C@H](CC(C)C)C(=O)O. The van der Waals surface area contributed by atoms with Gasteiger partial charge in [0.2, 0.25) is 0 Å². The van der Waals surface area contributed by atoms with Crippen LogP contribution in [-0.2, 0) is 9.53 Å². The van der Waals surface area contributed by atoms with Crippen molar-refractivity contribution in [3.8, 4) is 0 Å². The number of hydrogen-bond donors (Lipinski definition) is 3. The molecule has 0 bridgehead atoms. The predicted octanol–water partition coefficient (Wildman–Crippen LogP) is 4.64.